The summed E-state index contributed by atoms with van der Waals surface area (Å²) in [6.07, 6.45) is 1.55. The van der Waals surface area contributed by atoms with E-state index in [0.29, 0.717) is 5.56 Å². The molecule has 0 amide bonds. The maximum absolute atomic E-state index is 8.66. The third-order valence-corrected chi connectivity index (χ3v) is 3.67. The molecule has 0 bridgehead atoms. The topological polar surface area (TPSA) is 74.5 Å². The summed E-state index contributed by atoms with van der Waals surface area (Å²) >= 11 is 2.92. The Morgan fingerprint density at radius 3 is 3.00 bits per heavy atom. The number of hydrogen-bond acceptors (Lipinski definition) is 7. The largest absolute Gasteiger partial charge is 0.360 e. The molecular formula is C10H9N5S2. The molecular weight excluding hydrogens is 254 g/mol. The number of nitrogens with one attached hydrogen (secondary N) is 1. The molecule has 0 aliphatic rings. The van der Waals surface area contributed by atoms with Gasteiger partial charge in [0.15, 0.2) is 4.34 Å². The van der Waals surface area contributed by atoms with Crippen LogP contribution >= 0.6 is 23.1 Å². The zero-order chi connectivity index (χ0) is 12.1. The molecule has 0 saturated heterocycles. The summed E-state index contributed by atoms with van der Waals surface area (Å²) in [5, 5.41) is 21.4. The van der Waals surface area contributed by atoms with Crippen LogP contribution in [0.4, 0.5) is 5.13 Å². The minimum absolute atomic E-state index is 0.556. The van der Waals surface area contributed by atoms with E-state index in [-0.39, 0.29) is 0 Å². The standard InChI is InChI=1S/C10H9N5S2/c1-2-12-9-14-15-10(17-9)16-8-4-3-7(5-11)6-13-8/h3-4,6H,2H2,1H3,(H,12,14). The van der Waals surface area contributed by atoms with Crippen LogP contribution in [0.2, 0.25) is 0 Å². The molecule has 0 aliphatic heterocycles. The number of rotatable bonds is 4. The second-order valence-corrected chi connectivity index (χ2v) is 5.25. The van der Waals surface area contributed by atoms with Crippen molar-refractivity contribution in [3.63, 3.8) is 0 Å². The summed E-state index contributed by atoms with van der Waals surface area (Å²) in [6, 6.07) is 5.57. The molecule has 1 N–H and O–H groups in total. The third-order valence-electron chi connectivity index (χ3n) is 1.79. The number of nitriles is 1. The highest BCUT2D eigenvalue weighted by molar-refractivity contribution is 8.01. The Morgan fingerprint density at radius 2 is 2.35 bits per heavy atom. The van der Waals surface area contributed by atoms with Crippen LogP contribution in [0.15, 0.2) is 27.7 Å². The molecule has 0 atom stereocenters. The normalized spacial score (nSPS) is 9.88. The van der Waals surface area contributed by atoms with Crippen molar-refractivity contribution in [3.05, 3.63) is 23.9 Å². The van der Waals surface area contributed by atoms with Crippen molar-refractivity contribution >= 4 is 28.2 Å². The Morgan fingerprint density at radius 1 is 1.47 bits per heavy atom. The first-order valence-electron chi connectivity index (χ1n) is 4.93. The molecule has 17 heavy (non-hydrogen) atoms. The monoisotopic (exact) mass is 263 g/mol. The number of hydrogen-bond donors (Lipinski definition) is 1. The fraction of sp³-hybridized carbons (Fsp3) is 0.200. The lowest BCUT2D eigenvalue weighted by Gasteiger charge is -1.95. The van der Waals surface area contributed by atoms with Gasteiger partial charge < -0.3 is 5.32 Å². The average Bonchev–Trinajstić information content (AvgIpc) is 2.78. The first-order valence-corrected chi connectivity index (χ1v) is 6.56. The van der Waals surface area contributed by atoms with Crippen LogP contribution in [0.1, 0.15) is 12.5 Å². The molecule has 0 fully saturated rings. The van der Waals surface area contributed by atoms with Crippen molar-refractivity contribution in [1.82, 2.24) is 15.2 Å². The van der Waals surface area contributed by atoms with E-state index in [1.165, 1.54) is 23.1 Å². The van der Waals surface area contributed by atoms with Gasteiger partial charge in [0.25, 0.3) is 0 Å². The minimum Gasteiger partial charge on any atom is -0.360 e. The highest BCUT2D eigenvalue weighted by Gasteiger charge is 2.06. The molecule has 2 aromatic rings. The van der Waals surface area contributed by atoms with Crippen molar-refractivity contribution in [3.8, 4) is 6.07 Å². The van der Waals surface area contributed by atoms with Gasteiger partial charge in [-0.05, 0) is 30.8 Å². The van der Waals surface area contributed by atoms with E-state index in [0.717, 1.165) is 21.0 Å². The number of anilines is 1. The predicted molar refractivity (Wildman–Crippen MR) is 67.1 cm³/mol. The third kappa shape index (κ3) is 3.15. The molecule has 7 heteroatoms. The molecule has 5 nitrogen and oxygen atoms in total. The Balaban J connectivity index is 2.06. The fourth-order valence-corrected chi connectivity index (χ4v) is 2.78. The van der Waals surface area contributed by atoms with Gasteiger partial charge in [-0.25, -0.2) is 4.98 Å². The number of nitrogens with zero attached hydrogens (tertiary/aromatic N) is 4. The molecule has 0 saturated carbocycles. The van der Waals surface area contributed by atoms with E-state index < -0.39 is 0 Å². The van der Waals surface area contributed by atoms with Gasteiger partial charge in [0.05, 0.1) is 5.56 Å². The quantitative estimate of drug-likeness (QED) is 0.913. The van der Waals surface area contributed by atoms with Gasteiger partial charge in [-0.2, -0.15) is 5.26 Å². The van der Waals surface area contributed by atoms with Crippen LogP contribution < -0.4 is 5.32 Å². The molecule has 2 aromatic heterocycles. The zero-order valence-electron chi connectivity index (χ0n) is 9.04. The second kappa shape index (κ2) is 5.61. The minimum atomic E-state index is 0.556. The lowest BCUT2D eigenvalue weighted by Crippen LogP contribution is -1.94. The maximum Gasteiger partial charge on any atom is 0.206 e. The number of pyridine rings is 1. The van der Waals surface area contributed by atoms with Crippen molar-refractivity contribution < 1.29 is 0 Å². The van der Waals surface area contributed by atoms with Crippen molar-refractivity contribution in [2.75, 3.05) is 11.9 Å². The van der Waals surface area contributed by atoms with Crippen molar-refractivity contribution in [2.45, 2.75) is 16.3 Å². The average molecular weight is 263 g/mol. The summed E-state index contributed by atoms with van der Waals surface area (Å²) in [5.41, 5.74) is 0.556. The lowest BCUT2D eigenvalue weighted by molar-refractivity contribution is 0.997. The van der Waals surface area contributed by atoms with Gasteiger partial charge in [0.2, 0.25) is 5.13 Å². The smallest absolute Gasteiger partial charge is 0.206 e. The van der Waals surface area contributed by atoms with Crippen LogP contribution in [-0.4, -0.2) is 21.7 Å². The zero-order valence-corrected chi connectivity index (χ0v) is 10.7. The highest BCUT2D eigenvalue weighted by Crippen LogP contribution is 2.30. The molecule has 2 rings (SSSR count). The molecule has 2 heterocycles. The number of aromatic nitrogens is 3. The molecule has 0 aliphatic carbocycles. The van der Waals surface area contributed by atoms with Crippen molar-refractivity contribution in [2.24, 2.45) is 0 Å². The van der Waals surface area contributed by atoms with Crippen LogP contribution in [0.3, 0.4) is 0 Å². The molecule has 0 aromatic carbocycles. The van der Waals surface area contributed by atoms with Gasteiger partial charge in [0.1, 0.15) is 11.1 Å². The van der Waals surface area contributed by atoms with E-state index >= 15 is 0 Å². The maximum atomic E-state index is 8.66. The predicted octanol–water partition coefficient (Wildman–Crippen LogP) is 2.39. The van der Waals surface area contributed by atoms with Gasteiger partial charge >= 0.3 is 0 Å². The Labute approximate surface area is 107 Å². The first-order chi connectivity index (χ1) is 8.31. The van der Waals surface area contributed by atoms with Crippen molar-refractivity contribution in [1.29, 1.82) is 5.26 Å². The van der Waals surface area contributed by atoms with Gasteiger partial charge in [0, 0.05) is 12.7 Å². The molecule has 0 radical (unpaired) electrons. The van der Waals surface area contributed by atoms with Crippen LogP contribution in [0.25, 0.3) is 0 Å². The summed E-state index contributed by atoms with van der Waals surface area (Å²) < 4.78 is 0.832. The first kappa shape index (κ1) is 11.8. The molecule has 0 unspecified atom stereocenters. The Kier molecular flexibility index (Phi) is 3.90. The van der Waals surface area contributed by atoms with Gasteiger partial charge in [-0.1, -0.05) is 11.3 Å². The lowest BCUT2D eigenvalue weighted by atomic mass is 10.3. The second-order valence-electron chi connectivity index (χ2n) is 3.00. The van der Waals surface area contributed by atoms with Gasteiger partial charge in [-0.15, -0.1) is 10.2 Å². The fourth-order valence-electron chi connectivity index (χ4n) is 1.07. The van der Waals surface area contributed by atoms with E-state index in [9.17, 15) is 0 Å². The highest BCUT2D eigenvalue weighted by atomic mass is 32.2. The van der Waals surface area contributed by atoms with E-state index in [1.54, 1.807) is 18.3 Å². The van der Waals surface area contributed by atoms with Gasteiger partial charge in [-0.3, -0.25) is 0 Å². The summed E-state index contributed by atoms with van der Waals surface area (Å²) in [7, 11) is 0. The van der Waals surface area contributed by atoms with Crippen LogP contribution in [0, 0.1) is 11.3 Å². The van der Waals surface area contributed by atoms with E-state index in [2.05, 4.69) is 20.5 Å². The van der Waals surface area contributed by atoms with Crippen LogP contribution in [0.5, 0.6) is 0 Å². The Hall–Kier alpha value is -1.65. The summed E-state index contributed by atoms with van der Waals surface area (Å²) in [5.74, 6) is 0. The Bertz CT molecular complexity index is 528. The molecule has 86 valence electrons. The SMILES string of the molecule is CCNc1nnc(Sc2ccc(C#N)cn2)s1. The summed E-state index contributed by atoms with van der Waals surface area (Å²) in [6.45, 7) is 2.84. The molecule has 0 spiro atoms. The van der Waals surface area contributed by atoms with Crippen LogP contribution in [-0.2, 0) is 0 Å². The van der Waals surface area contributed by atoms with E-state index in [1.807, 2.05) is 13.0 Å². The summed E-state index contributed by atoms with van der Waals surface area (Å²) in [4.78, 5) is 4.16. The van der Waals surface area contributed by atoms with E-state index in [4.69, 9.17) is 5.26 Å².